The lowest BCUT2D eigenvalue weighted by Crippen LogP contribution is -2.39. The van der Waals surface area contributed by atoms with Crippen LogP contribution in [0.3, 0.4) is 0 Å². The van der Waals surface area contributed by atoms with E-state index < -0.39 is 8.07 Å². The minimum atomic E-state index is -1.89. The zero-order chi connectivity index (χ0) is 19.4. The van der Waals surface area contributed by atoms with Crippen LogP contribution in [-0.4, -0.2) is 26.1 Å². The van der Waals surface area contributed by atoms with Crippen LogP contribution in [0.15, 0.2) is 65.2 Å². The van der Waals surface area contributed by atoms with Crippen molar-refractivity contribution in [1.82, 2.24) is 5.16 Å². The second-order valence-electron chi connectivity index (χ2n) is 7.32. The third-order valence-electron chi connectivity index (χ3n) is 4.21. The maximum absolute atomic E-state index is 13.1. The van der Waals surface area contributed by atoms with E-state index >= 15 is 0 Å². The number of benzene rings is 2. The number of allylic oxidation sites excluding steroid dienone is 1. The van der Waals surface area contributed by atoms with Crippen LogP contribution in [0.1, 0.15) is 15.9 Å². The molecule has 2 aromatic carbocycles. The number of hydrogen-bond acceptors (Lipinski definition) is 4. The predicted octanol–water partition coefficient (Wildman–Crippen LogP) is 4.79. The highest BCUT2D eigenvalue weighted by molar-refractivity contribution is 6.88. The Morgan fingerprint density at radius 3 is 2.30 bits per heavy atom. The van der Waals surface area contributed by atoms with Crippen molar-refractivity contribution in [3.8, 4) is 17.0 Å². The first-order chi connectivity index (χ1) is 12.9. The third kappa shape index (κ3) is 4.26. The monoisotopic (exact) mass is 377 g/mol. The Bertz CT molecular complexity index is 951. The average molecular weight is 378 g/mol. The van der Waals surface area contributed by atoms with Crippen molar-refractivity contribution >= 4 is 25.3 Å². The second kappa shape index (κ2) is 7.76. The quantitative estimate of drug-likeness (QED) is 0.352. The lowest BCUT2D eigenvalue weighted by molar-refractivity contribution is 0.104. The first-order valence-electron chi connectivity index (χ1n) is 8.82. The molecule has 0 saturated heterocycles. The Hall–Kier alpha value is -2.92. The smallest absolute Gasteiger partial charge is 0.191 e. The maximum atomic E-state index is 13.1. The molecule has 4 nitrogen and oxygen atoms in total. The molecular weight excluding hydrogens is 354 g/mol. The predicted molar refractivity (Wildman–Crippen MR) is 111 cm³/mol. The minimum Gasteiger partial charge on any atom is -0.497 e. The van der Waals surface area contributed by atoms with Gasteiger partial charge in [0.25, 0.3) is 0 Å². The Kier molecular flexibility index (Phi) is 5.42. The molecule has 3 rings (SSSR count). The number of aromatic nitrogens is 1. The summed E-state index contributed by atoms with van der Waals surface area (Å²) in [5.74, 6) is 0.660. The Balaban J connectivity index is 2.04. The molecule has 0 atom stereocenters. The zero-order valence-corrected chi connectivity index (χ0v) is 17.0. The first-order valence-corrected chi connectivity index (χ1v) is 12.3. The molecule has 3 aromatic rings. The van der Waals surface area contributed by atoms with E-state index in [1.807, 2.05) is 60.7 Å². The number of rotatable bonds is 6. The van der Waals surface area contributed by atoms with E-state index in [0.717, 1.165) is 22.3 Å². The molecule has 1 heterocycles. The summed E-state index contributed by atoms with van der Waals surface area (Å²) in [6, 6.07) is 17.2. The fraction of sp³-hybridized carbons (Fsp3) is 0.182. The number of ketones is 1. The van der Waals surface area contributed by atoms with Crippen LogP contribution >= 0.6 is 0 Å². The van der Waals surface area contributed by atoms with Gasteiger partial charge in [-0.15, -0.1) is 0 Å². The fourth-order valence-corrected chi connectivity index (χ4v) is 4.11. The van der Waals surface area contributed by atoms with E-state index in [1.165, 1.54) is 0 Å². The SMILES string of the molecule is COc1ccc(-c2noc([Si](C)(C)C)c2C(=O)/C=C/c2ccccc2)cc1. The first kappa shape index (κ1) is 18.9. The zero-order valence-electron chi connectivity index (χ0n) is 16.0. The van der Waals surface area contributed by atoms with Crippen LogP contribution in [0.4, 0.5) is 0 Å². The number of carbonyl (C=O) groups is 1. The summed E-state index contributed by atoms with van der Waals surface area (Å²) in [5.41, 5.74) is 2.95. The molecule has 0 radical (unpaired) electrons. The molecule has 0 spiro atoms. The van der Waals surface area contributed by atoms with E-state index in [1.54, 1.807) is 13.2 Å². The molecule has 0 saturated carbocycles. The Morgan fingerprint density at radius 2 is 1.70 bits per heavy atom. The van der Waals surface area contributed by atoms with E-state index in [0.29, 0.717) is 11.3 Å². The van der Waals surface area contributed by atoms with Crippen molar-refractivity contribution in [3.63, 3.8) is 0 Å². The maximum Gasteiger partial charge on any atom is 0.191 e. The molecule has 27 heavy (non-hydrogen) atoms. The number of nitrogens with zero attached hydrogens (tertiary/aromatic N) is 1. The average Bonchev–Trinajstić information content (AvgIpc) is 3.13. The molecule has 0 fully saturated rings. The summed E-state index contributed by atoms with van der Waals surface area (Å²) >= 11 is 0. The third-order valence-corrected chi connectivity index (χ3v) is 5.91. The van der Waals surface area contributed by atoms with E-state index in [2.05, 4.69) is 24.8 Å². The van der Waals surface area contributed by atoms with Gasteiger partial charge in [-0.05, 0) is 35.9 Å². The van der Waals surface area contributed by atoms with Gasteiger partial charge in [0, 0.05) is 5.56 Å². The van der Waals surface area contributed by atoms with Gasteiger partial charge in [-0.3, -0.25) is 4.79 Å². The van der Waals surface area contributed by atoms with Gasteiger partial charge < -0.3 is 9.26 Å². The summed E-state index contributed by atoms with van der Waals surface area (Å²) in [7, 11) is -0.265. The standard InChI is InChI=1S/C22H23NO3Si/c1-25-18-13-11-17(12-14-18)21-20(22(26-23-21)27(2,3)4)19(24)15-10-16-8-6-5-7-9-16/h5-15H,1-4H3/b15-10+. The molecule has 0 aliphatic carbocycles. The van der Waals surface area contributed by atoms with E-state index in [4.69, 9.17) is 9.26 Å². The van der Waals surface area contributed by atoms with Crippen molar-refractivity contribution in [2.75, 3.05) is 7.11 Å². The van der Waals surface area contributed by atoms with Gasteiger partial charge in [-0.25, -0.2) is 0 Å². The summed E-state index contributed by atoms with van der Waals surface area (Å²) in [4.78, 5) is 13.1. The molecular formula is C22H23NO3Si. The van der Waals surface area contributed by atoms with Crippen molar-refractivity contribution in [3.05, 3.63) is 71.8 Å². The van der Waals surface area contributed by atoms with Gasteiger partial charge in [-0.2, -0.15) is 0 Å². The number of hydrogen-bond donors (Lipinski definition) is 0. The van der Waals surface area contributed by atoms with Gasteiger partial charge in [0.05, 0.1) is 12.7 Å². The lowest BCUT2D eigenvalue weighted by atomic mass is 10.0. The summed E-state index contributed by atoms with van der Waals surface area (Å²) < 4.78 is 10.9. The van der Waals surface area contributed by atoms with Crippen molar-refractivity contribution in [2.45, 2.75) is 19.6 Å². The topological polar surface area (TPSA) is 52.3 Å². The lowest BCUT2D eigenvalue weighted by Gasteiger charge is -2.12. The van der Waals surface area contributed by atoms with E-state index in [9.17, 15) is 4.79 Å². The van der Waals surface area contributed by atoms with Gasteiger partial charge in [0.2, 0.25) is 0 Å². The van der Waals surface area contributed by atoms with Crippen LogP contribution in [0.2, 0.25) is 19.6 Å². The van der Waals surface area contributed by atoms with Crippen LogP contribution in [-0.2, 0) is 0 Å². The number of methoxy groups -OCH3 is 1. The van der Waals surface area contributed by atoms with Gasteiger partial charge in [0.1, 0.15) is 24.9 Å². The van der Waals surface area contributed by atoms with Gasteiger partial charge in [-0.1, -0.05) is 61.2 Å². The number of carbonyl (C=O) groups excluding carboxylic acids is 1. The van der Waals surface area contributed by atoms with Crippen LogP contribution in [0.25, 0.3) is 17.3 Å². The molecule has 1 aromatic heterocycles. The molecule has 0 aliphatic heterocycles. The van der Waals surface area contributed by atoms with Gasteiger partial charge in [0.15, 0.2) is 5.78 Å². The highest BCUT2D eigenvalue weighted by Gasteiger charge is 2.31. The van der Waals surface area contributed by atoms with Crippen molar-refractivity contribution in [1.29, 1.82) is 0 Å². The molecule has 5 heteroatoms. The minimum absolute atomic E-state index is 0.0941. The Labute approximate surface area is 160 Å². The van der Waals surface area contributed by atoms with E-state index in [-0.39, 0.29) is 5.78 Å². The molecule has 0 aliphatic rings. The van der Waals surface area contributed by atoms with Crippen LogP contribution in [0, 0.1) is 0 Å². The largest absolute Gasteiger partial charge is 0.497 e. The second-order valence-corrected chi connectivity index (χ2v) is 12.3. The van der Waals surface area contributed by atoms with Crippen molar-refractivity contribution in [2.24, 2.45) is 0 Å². The number of ether oxygens (including phenoxy) is 1. The molecule has 0 amide bonds. The van der Waals surface area contributed by atoms with Crippen LogP contribution < -0.4 is 10.1 Å². The summed E-state index contributed by atoms with van der Waals surface area (Å²) in [6.45, 7) is 6.43. The van der Waals surface area contributed by atoms with Gasteiger partial charge >= 0.3 is 0 Å². The highest BCUT2D eigenvalue weighted by atomic mass is 28.3. The summed E-state index contributed by atoms with van der Waals surface area (Å²) in [5, 5.41) is 4.97. The summed E-state index contributed by atoms with van der Waals surface area (Å²) in [6.07, 6.45) is 3.42. The van der Waals surface area contributed by atoms with Crippen molar-refractivity contribution < 1.29 is 14.1 Å². The normalized spacial score (nSPS) is 11.7. The Morgan fingerprint density at radius 1 is 1.04 bits per heavy atom. The highest BCUT2D eigenvalue weighted by Crippen LogP contribution is 2.26. The van der Waals surface area contributed by atoms with Crippen LogP contribution in [0.5, 0.6) is 5.75 Å². The molecule has 138 valence electrons. The molecule has 0 N–H and O–H groups in total. The fourth-order valence-electron chi connectivity index (χ4n) is 2.80. The molecule has 0 bridgehead atoms. The molecule has 0 unspecified atom stereocenters.